The van der Waals surface area contributed by atoms with E-state index in [2.05, 4.69) is 15.9 Å². The number of halogens is 1. The van der Waals surface area contributed by atoms with Crippen LogP contribution in [0.2, 0.25) is 0 Å². The molecule has 1 fully saturated rings. The third-order valence-corrected chi connectivity index (χ3v) is 7.88. The summed E-state index contributed by atoms with van der Waals surface area (Å²) in [6.45, 7) is 6.19. The lowest BCUT2D eigenvalue weighted by molar-refractivity contribution is 0.0286. The van der Waals surface area contributed by atoms with Gasteiger partial charge in [0.15, 0.2) is 0 Å². The number of hydrogen-bond donors (Lipinski definition) is 0. The smallest absolute Gasteiger partial charge is 0.410 e. The number of ether oxygens (including phenoxy) is 3. The number of sulfonamides is 1. The van der Waals surface area contributed by atoms with Crippen molar-refractivity contribution in [2.75, 3.05) is 27.3 Å². The number of amides is 1. The van der Waals surface area contributed by atoms with Crippen molar-refractivity contribution < 1.29 is 27.4 Å². The zero-order valence-electron chi connectivity index (χ0n) is 20.1. The van der Waals surface area contributed by atoms with Crippen LogP contribution in [0.3, 0.4) is 0 Å². The zero-order valence-corrected chi connectivity index (χ0v) is 22.5. The quantitative estimate of drug-likeness (QED) is 0.494. The Bertz CT molecular complexity index is 1120. The average Bonchev–Trinajstić information content (AvgIpc) is 3.27. The summed E-state index contributed by atoms with van der Waals surface area (Å²) in [5.41, 5.74) is 0.191. The summed E-state index contributed by atoms with van der Waals surface area (Å²) in [5.74, 6) is 0.633. The molecule has 2 aromatic carbocycles. The minimum Gasteiger partial charge on any atom is -0.497 e. The van der Waals surface area contributed by atoms with Gasteiger partial charge in [-0.05, 0) is 57.0 Å². The van der Waals surface area contributed by atoms with Gasteiger partial charge in [0.2, 0.25) is 10.0 Å². The second-order valence-corrected chi connectivity index (χ2v) is 11.8. The van der Waals surface area contributed by atoms with Gasteiger partial charge in [-0.2, -0.15) is 4.31 Å². The van der Waals surface area contributed by atoms with Gasteiger partial charge in [-0.15, -0.1) is 0 Å². The van der Waals surface area contributed by atoms with Crippen LogP contribution in [-0.4, -0.2) is 62.7 Å². The van der Waals surface area contributed by atoms with E-state index in [1.54, 1.807) is 37.8 Å². The Morgan fingerprint density at radius 2 is 1.79 bits per heavy atom. The summed E-state index contributed by atoms with van der Waals surface area (Å²) in [6, 6.07) is 11.7. The lowest BCUT2D eigenvalue weighted by atomic mass is 10.2. The Hall–Kier alpha value is -2.30. The number of nitrogens with zero attached hydrogens (tertiary/aromatic N) is 2. The number of carbonyl (C=O) groups excluding carboxylic acids is 1. The SMILES string of the molecule is COc1ccc(OC)c(S(=O)(=O)N(Cc2ccc(Br)cc2)[C@@H]2CCN(C(=O)OC(C)(C)C)C2)c1. The standard InChI is InChI=1S/C24H31BrN2O6S/c1-24(2,3)33-23(28)26-13-12-19(16-26)27(15-17-6-8-18(25)9-7-17)34(29,30)22-14-20(31-4)10-11-21(22)32-5/h6-11,14,19H,12-13,15-16H2,1-5H3/t19-/m1/s1. The Kier molecular flexibility index (Phi) is 8.15. The molecule has 34 heavy (non-hydrogen) atoms. The maximum absolute atomic E-state index is 14.0. The normalized spacial score (nSPS) is 16.6. The molecule has 0 spiro atoms. The molecule has 0 aromatic heterocycles. The van der Waals surface area contributed by atoms with E-state index in [-0.39, 0.29) is 23.7 Å². The van der Waals surface area contributed by atoms with E-state index in [0.717, 1.165) is 10.0 Å². The highest BCUT2D eigenvalue weighted by Gasteiger charge is 2.39. The molecule has 1 aliphatic rings. The summed E-state index contributed by atoms with van der Waals surface area (Å²) < 4.78 is 46.5. The predicted octanol–water partition coefficient (Wildman–Crippen LogP) is 4.67. The lowest BCUT2D eigenvalue weighted by Gasteiger charge is -2.29. The molecule has 10 heteroatoms. The van der Waals surface area contributed by atoms with E-state index >= 15 is 0 Å². The fourth-order valence-electron chi connectivity index (χ4n) is 3.76. The van der Waals surface area contributed by atoms with Gasteiger partial charge in [-0.3, -0.25) is 0 Å². The molecule has 0 unspecified atom stereocenters. The Morgan fingerprint density at radius 3 is 2.38 bits per heavy atom. The molecule has 0 aliphatic carbocycles. The molecule has 0 bridgehead atoms. The van der Waals surface area contributed by atoms with Crippen LogP contribution in [0, 0.1) is 0 Å². The number of rotatable bonds is 7. The lowest BCUT2D eigenvalue weighted by Crippen LogP contribution is -2.43. The van der Waals surface area contributed by atoms with Gasteiger partial charge in [-0.25, -0.2) is 13.2 Å². The van der Waals surface area contributed by atoms with Crippen LogP contribution in [0.1, 0.15) is 32.8 Å². The predicted molar refractivity (Wildman–Crippen MR) is 133 cm³/mol. The van der Waals surface area contributed by atoms with Gasteiger partial charge in [0.05, 0.1) is 14.2 Å². The van der Waals surface area contributed by atoms with Crippen LogP contribution in [0.15, 0.2) is 51.8 Å². The molecule has 1 atom stereocenters. The van der Waals surface area contributed by atoms with Gasteiger partial charge in [0.1, 0.15) is 22.0 Å². The second kappa shape index (κ2) is 10.5. The molecule has 1 saturated heterocycles. The van der Waals surface area contributed by atoms with E-state index in [9.17, 15) is 13.2 Å². The first-order chi connectivity index (χ1) is 15.9. The Labute approximate surface area is 210 Å². The number of benzene rings is 2. The van der Waals surface area contributed by atoms with Crippen molar-refractivity contribution in [3.63, 3.8) is 0 Å². The molecule has 0 N–H and O–H groups in total. The minimum atomic E-state index is -4.01. The number of methoxy groups -OCH3 is 2. The van der Waals surface area contributed by atoms with E-state index in [4.69, 9.17) is 14.2 Å². The molecule has 0 radical (unpaired) electrons. The second-order valence-electron chi connectivity index (χ2n) is 9.06. The van der Waals surface area contributed by atoms with Crippen molar-refractivity contribution in [2.24, 2.45) is 0 Å². The van der Waals surface area contributed by atoms with Gasteiger partial charge in [0, 0.05) is 36.2 Å². The Balaban J connectivity index is 1.98. The maximum Gasteiger partial charge on any atom is 0.410 e. The van der Waals surface area contributed by atoms with Crippen molar-refractivity contribution in [1.29, 1.82) is 0 Å². The number of likely N-dealkylation sites (tertiary alicyclic amines) is 1. The molecule has 186 valence electrons. The fourth-order valence-corrected chi connectivity index (χ4v) is 5.83. The zero-order chi connectivity index (χ0) is 25.1. The molecule has 1 heterocycles. The van der Waals surface area contributed by atoms with Crippen molar-refractivity contribution in [2.45, 2.75) is 50.3 Å². The van der Waals surface area contributed by atoms with Gasteiger partial charge in [0.25, 0.3) is 0 Å². The van der Waals surface area contributed by atoms with Crippen molar-refractivity contribution in [3.05, 3.63) is 52.5 Å². The molecule has 1 amide bonds. The maximum atomic E-state index is 14.0. The Morgan fingerprint density at radius 1 is 1.12 bits per heavy atom. The van der Waals surface area contributed by atoms with Crippen molar-refractivity contribution in [3.8, 4) is 11.5 Å². The van der Waals surface area contributed by atoms with Crippen LogP contribution in [0.4, 0.5) is 4.79 Å². The highest BCUT2D eigenvalue weighted by atomic mass is 79.9. The highest BCUT2D eigenvalue weighted by Crippen LogP contribution is 2.34. The highest BCUT2D eigenvalue weighted by molar-refractivity contribution is 9.10. The molecular formula is C24H31BrN2O6S. The van der Waals surface area contributed by atoms with Crippen LogP contribution in [0.25, 0.3) is 0 Å². The molecule has 3 rings (SSSR count). The van der Waals surface area contributed by atoms with Crippen LogP contribution in [0.5, 0.6) is 11.5 Å². The number of carbonyl (C=O) groups is 1. The summed E-state index contributed by atoms with van der Waals surface area (Å²) in [4.78, 5) is 14.2. The molecular weight excluding hydrogens is 524 g/mol. The monoisotopic (exact) mass is 554 g/mol. The summed E-state index contributed by atoms with van der Waals surface area (Å²) in [7, 11) is -1.10. The van der Waals surface area contributed by atoms with E-state index in [1.807, 2.05) is 24.3 Å². The molecule has 8 nitrogen and oxygen atoms in total. The van der Waals surface area contributed by atoms with E-state index in [0.29, 0.717) is 18.7 Å². The largest absolute Gasteiger partial charge is 0.497 e. The van der Waals surface area contributed by atoms with Crippen molar-refractivity contribution in [1.82, 2.24) is 9.21 Å². The summed E-state index contributed by atoms with van der Waals surface area (Å²) in [6.07, 6.45) is 0.0383. The van der Waals surface area contributed by atoms with E-state index < -0.39 is 27.8 Å². The topological polar surface area (TPSA) is 85.4 Å². The third-order valence-electron chi connectivity index (χ3n) is 5.43. The van der Waals surface area contributed by atoms with E-state index in [1.165, 1.54) is 24.6 Å². The third kappa shape index (κ3) is 6.22. The minimum absolute atomic E-state index is 0.0159. The fraction of sp³-hybridized carbons (Fsp3) is 0.458. The molecule has 1 aliphatic heterocycles. The molecule has 2 aromatic rings. The van der Waals surface area contributed by atoms with Crippen LogP contribution in [-0.2, 0) is 21.3 Å². The first-order valence-corrected chi connectivity index (χ1v) is 13.1. The first-order valence-electron chi connectivity index (χ1n) is 10.9. The van der Waals surface area contributed by atoms with Crippen molar-refractivity contribution >= 4 is 32.0 Å². The van der Waals surface area contributed by atoms with Gasteiger partial charge >= 0.3 is 6.09 Å². The van der Waals surface area contributed by atoms with Gasteiger partial charge in [-0.1, -0.05) is 28.1 Å². The van der Waals surface area contributed by atoms with Crippen LogP contribution < -0.4 is 9.47 Å². The summed E-state index contributed by atoms with van der Waals surface area (Å²) in [5, 5.41) is 0. The number of hydrogen-bond acceptors (Lipinski definition) is 6. The average molecular weight is 555 g/mol. The molecule has 0 saturated carbocycles. The van der Waals surface area contributed by atoms with Crippen LogP contribution >= 0.6 is 15.9 Å². The van der Waals surface area contributed by atoms with Gasteiger partial charge < -0.3 is 19.1 Å². The summed E-state index contributed by atoms with van der Waals surface area (Å²) >= 11 is 3.42. The first kappa shape index (κ1) is 26.3.